The van der Waals surface area contributed by atoms with E-state index in [1.807, 2.05) is 20.8 Å². The van der Waals surface area contributed by atoms with Crippen molar-refractivity contribution < 1.29 is 14.1 Å². The lowest BCUT2D eigenvalue weighted by Crippen LogP contribution is -2.48. The molecular formula is C18H31IN4O3. The predicted molar refractivity (Wildman–Crippen MR) is 112 cm³/mol. The molecule has 2 heterocycles. The molecule has 0 bridgehead atoms. The number of likely N-dealkylation sites (tertiary alicyclic amines) is 1. The van der Waals surface area contributed by atoms with Crippen LogP contribution >= 0.6 is 24.0 Å². The number of nitrogens with zero attached hydrogens (tertiary/aromatic N) is 3. The van der Waals surface area contributed by atoms with Crippen LogP contribution < -0.4 is 5.32 Å². The smallest absolute Gasteiger partial charge is 0.310 e. The standard InChI is InChI=1S/C18H30N4O3.HI/c1-6-24-17(23)15-8-7-9-22(11-15)18(19-5)20-10-12(2)16-13(3)21-25-14(16)4;/h12,15H,6-11H2,1-5H3,(H,19,20);1H. The zero-order chi connectivity index (χ0) is 18.4. The van der Waals surface area contributed by atoms with E-state index in [-0.39, 0.29) is 41.8 Å². The summed E-state index contributed by atoms with van der Waals surface area (Å²) in [7, 11) is 1.77. The second-order valence-electron chi connectivity index (χ2n) is 6.60. The van der Waals surface area contributed by atoms with Gasteiger partial charge in [0.25, 0.3) is 0 Å². The molecule has 26 heavy (non-hydrogen) atoms. The van der Waals surface area contributed by atoms with Crippen molar-refractivity contribution in [1.82, 2.24) is 15.4 Å². The second kappa shape index (κ2) is 10.7. The Kier molecular flexibility index (Phi) is 9.38. The number of guanidine groups is 1. The molecule has 0 aromatic carbocycles. The summed E-state index contributed by atoms with van der Waals surface area (Å²) in [4.78, 5) is 18.6. The molecule has 2 rings (SSSR count). The molecule has 0 saturated carbocycles. The molecule has 1 N–H and O–H groups in total. The van der Waals surface area contributed by atoms with Gasteiger partial charge in [-0.15, -0.1) is 24.0 Å². The lowest BCUT2D eigenvalue weighted by molar-refractivity contribution is -0.149. The molecule has 1 aliphatic heterocycles. The van der Waals surface area contributed by atoms with Crippen molar-refractivity contribution in [1.29, 1.82) is 0 Å². The largest absolute Gasteiger partial charge is 0.466 e. The lowest BCUT2D eigenvalue weighted by atomic mass is 9.98. The van der Waals surface area contributed by atoms with E-state index in [0.717, 1.165) is 48.9 Å². The highest BCUT2D eigenvalue weighted by molar-refractivity contribution is 14.0. The number of aromatic nitrogens is 1. The molecule has 2 unspecified atom stereocenters. The van der Waals surface area contributed by atoms with Gasteiger partial charge in [0.05, 0.1) is 18.2 Å². The first kappa shape index (κ1) is 22.7. The summed E-state index contributed by atoms with van der Waals surface area (Å²) in [6, 6.07) is 0. The van der Waals surface area contributed by atoms with Crippen LogP contribution in [0.3, 0.4) is 0 Å². The van der Waals surface area contributed by atoms with Gasteiger partial charge in [0, 0.05) is 38.2 Å². The number of ether oxygens (including phenoxy) is 1. The maximum Gasteiger partial charge on any atom is 0.310 e. The van der Waals surface area contributed by atoms with Gasteiger partial charge in [0.15, 0.2) is 5.96 Å². The minimum absolute atomic E-state index is 0. The van der Waals surface area contributed by atoms with Crippen molar-refractivity contribution in [2.45, 2.75) is 46.5 Å². The molecule has 7 nitrogen and oxygen atoms in total. The summed E-state index contributed by atoms with van der Waals surface area (Å²) in [5.74, 6) is 1.77. The summed E-state index contributed by atoms with van der Waals surface area (Å²) in [5.41, 5.74) is 2.08. The van der Waals surface area contributed by atoms with Crippen molar-refractivity contribution >= 4 is 35.9 Å². The maximum absolute atomic E-state index is 12.0. The maximum atomic E-state index is 12.0. The number of nitrogens with one attached hydrogen (secondary N) is 1. The third kappa shape index (κ3) is 5.59. The first-order valence-electron chi connectivity index (χ1n) is 9.02. The third-order valence-electron chi connectivity index (χ3n) is 4.70. The lowest BCUT2D eigenvalue weighted by Gasteiger charge is -2.34. The molecule has 1 fully saturated rings. The van der Waals surface area contributed by atoms with Gasteiger partial charge >= 0.3 is 5.97 Å². The second-order valence-corrected chi connectivity index (χ2v) is 6.60. The van der Waals surface area contributed by atoms with Gasteiger partial charge < -0.3 is 19.5 Å². The van der Waals surface area contributed by atoms with Crippen LogP contribution in [0, 0.1) is 19.8 Å². The van der Waals surface area contributed by atoms with Crippen molar-refractivity contribution in [2.24, 2.45) is 10.9 Å². The van der Waals surface area contributed by atoms with E-state index < -0.39 is 0 Å². The van der Waals surface area contributed by atoms with Gasteiger partial charge in [0.2, 0.25) is 0 Å². The number of hydrogen-bond acceptors (Lipinski definition) is 5. The van der Waals surface area contributed by atoms with E-state index in [4.69, 9.17) is 9.26 Å². The van der Waals surface area contributed by atoms with Crippen LogP contribution in [0.5, 0.6) is 0 Å². The number of aryl methyl sites for hydroxylation is 2. The van der Waals surface area contributed by atoms with Gasteiger partial charge in [-0.25, -0.2) is 0 Å². The normalized spacial score (nSPS) is 18.9. The van der Waals surface area contributed by atoms with Crippen LogP contribution in [0.25, 0.3) is 0 Å². The Balaban J connectivity index is 0.00000338. The van der Waals surface area contributed by atoms with E-state index >= 15 is 0 Å². The Labute approximate surface area is 172 Å². The van der Waals surface area contributed by atoms with Crippen molar-refractivity contribution in [3.8, 4) is 0 Å². The minimum atomic E-state index is -0.105. The van der Waals surface area contributed by atoms with Gasteiger partial charge in [-0.3, -0.25) is 9.79 Å². The molecule has 2 atom stereocenters. The molecule has 1 aliphatic rings. The van der Waals surface area contributed by atoms with Crippen LogP contribution in [0.4, 0.5) is 0 Å². The quantitative estimate of drug-likeness (QED) is 0.304. The number of rotatable bonds is 5. The molecule has 0 spiro atoms. The number of piperidine rings is 1. The third-order valence-corrected chi connectivity index (χ3v) is 4.70. The van der Waals surface area contributed by atoms with Crippen LogP contribution in [0.1, 0.15) is 49.6 Å². The van der Waals surface area contributed by atoms with Crippen LogP contribution in [0.2, 0.25) is 0 Å². The fourth-order valence-corrected chi connectivity index (χ4v) is 3.49. The van der Waals surface area contributed by atoms with E-state index in [1.54, 1.807) is 7.05 Å². The molecule has 0 amide bonds. The number of carbonyl (C=O) groups excluding carboxylic acids is 1. The van der Waals surface area contributed by atoms with Crippen LogP contribution in [0.15, 0.2) is 9.52 Å². The Morgan fingerprint density at radius 1 is 1.50 bits per heavy atom. The van der Waals surface area contributed by atoms with Gasteiger partial charge in [-0.1, -0.05) is 12.1 Å². The SMILES string of the molecule is CCOC(=O)C1CCCN(C(=NC)NCC(C)c2c(C)noc2C)C1.I. The zero-order valence-electron chi connectivity index (χ0n) is 16.4. The Bertz CT molecular complexity index is 598. The number of halogens is 1. The average Bonchev–Trinajstić information content (AvgIpc) is 2.94. The number of esters is 1. The highest BCUT2D eigenvalue weighted by atomic mass is 127. The fourth-order valence-electron chi connectivity index (χ4n) is 3.49. The molecule has 0 radical (unpaired) electrons. The zero-order valence-corrected chi connectivity index (χ0v) is 18.7. The molecule has 1 aromatic heterocycles. The van der Waals surface area contributed by atoms with Gasteiger partial charge in [-0.05, 0) is 33.6 Å². The number of hydrogen-bond donors (Lipinski definition) is 1. The monoisotopic (exact) mass is 478 g/mol. The highest BCUT2D eigenvalue weighted by Crippen LogP contribution is 2.23. The summed E-state index contributed by atoms with van der Waals surface area (Å²) in [6.45, 7) is 10.6. The summed E-state index contributed by atoms with van der Waals surface area (Å²) < 4.78 is 10.4. The summed E-state index contributed by atoms with van der Waals surface area (Å²) >= 11 is 0. The Morgan fingerprint density at radius 3 is 2.81 bits per heavy atom. The number of aliphatic imine (C=N–C) groups is 1. The average molecular weight is 478 g/mol. The highest BCUT2D eigenvalue weighted by Gasteiger charge is 2.28. The van der Waals surface area contributed by atoms with Crippen LogP contribution in [-0.2, 0) is 9.53 Å². The fraction of sp³-hybridized carbons (Fsp3) is 0.722. The van der Waals surface area contributed by atoms with E-state index in [1.165, 1.54) is 0 Å². The van der Waals surface area contributed by atoms with Gasteiger partial charge in [0.1, 0.15) is 5.76 Å². The van der Waals surface area contributed by atoms with E-state index in [9.17, 15) is 4.79 Å². The Hall–Kier alpha value is -1.32. The summed E-state index contributed by atoms with van der Waals surface area (Å²) in [5, 5.41) is 7.45. The number of carbonyl (C=O) groups is 1. The summed E-state index contributed by atoms with van der Waals surface area (Å²) in [6.07, 6.45) is 1.84. The van der Waals surface area contributed by atoms with E-state index in [0.29, 0.717) is 13.2 Å². The minimum Gasteiger partial charge on any atom is -0.466 e. The van der Waals surface area contributed by atoms with Crippen molar-refractivity contribution in [3.63, 3.8) is 0 Å². The van der Waals surface area contributed by atoms with E-state index in [2.05, 4.69) is 27.3 Å². The van der Waals surface area contributed by atoms with Crippen LogP contribution in [-0.4, -0.2) is 55.3 Å². The molecular weight excluding hydrogens is 447 g/mol. The topological polar surface area (TPSA) is 80.0 Å². The molecule has 1 saturated heterocycles. The van der Waals surface area contributed by atoms with Gasteiger partial charge in [-0.2, -0.15) is 0 Å². The molecule has 8 heteroatoms. The Morgan fingerprint density at radius 2 is 2.23 bits per heavy atom. The first-order chi connectivity index (χ1) is 12.0. The van der Waals surface area contributed by atoms with Crippen molar-refractivity contribution in [2.75, 3.05) is 33.3 Å². The predicted octanol–water partition coefficient (Wildman–Crippen LogP) is 2.86. The van der Waals surface area contributed by atoms with Crippen molar-refractivity contribution in [3.05, 3.63) is 17.0 Å². The molecule has 0 aliphatic carbocycles. The first-order valence-corrected chi connectivity index (χ1v) is 9.02. The molecule has 148 valence electrons. The molecule has 1 aromatic rings.